The molecule has 0 amide bonds. The maximum absolute atomic E-state index is 5.59. The lowest BCUT2D eigenvalue weighted by molar-refractivity contribution is 0.310. The van der Waals surface area contributed by atoms with E-state index in [0.29, 0.717) is 13.2 Å². The Balaban J connectivity index is 2.11. The molecule has 0 aromatic heterocycles. The molecular weight excluding hydrogens is 242 g/mol. The maximum Gasteiger partial charge on any atom is 0.161 e. The zero-order valence-electron chi connectivity index (χ0n) is 11.5. The van der Waals surface area contributed by atoms with Gasteiger partial charge in [0.1, 0.15) is 0 Å². The molecular formula is C14H21N3O2. The molecule has 1 atom stereocenters. The highest BCUT2D eigenvalue weighted by atomic mass is 16.5. The van der Waals surface area contributed by atoms with Crippen LogP contribution in [0.5, 0.6) is 11.5 Å². The average molecular weight is 263 g/mol. The van der Waals surface area contributed by atoms with Crippen molar-refractivity contribution in [3.05, 3.63) is 23.8 Å². The van der Waals surface area contributed by atoms with Crippen LogP contribution in [0.25, 0.3) is 0 Å². The van der Waals surface area contributed by atoms with Crippen LogP contribution in [0.3, 0.4) is 0 Å². The van der Waals surface area contributed by atoms with E-state index in [9.17, 15) is 0 Å². The summed E-state index contributed by atoms with van der Waals surface area (Å²) in [5.41, 5.74) is 11.0. The van der Waals surface area contributed by atoms with E-state index in [1.807, 2.05) is 25.1 Å². The Morgan fingerprint density at radius 2 is 2.26 bits per heavy atom. The van der Waals surface area contributed by atoms with Gasteiger partial charge in [-0.05, 0) is 37.6 Å². The summed E-state index contributed by atoms with van der Waals surface area (Å²) >= 11 is 0. The molecule has 0 fully saturated rings. The first-order chi connectivity index (χ1) is 9.28. The van der Waals surface area contributed by atoms with E-state index in [1.165, 1.54) is 0 Å². The molecule has 1 aliphatic rings. The van der Waals surface area contributed by atoms with Gasteiger partial charge in [-0.3, -0.25) is 0 Å². The highest BCUT2D eigenvalue weighted by molar-refractivity contribution is 5.86. The number of ether oxygens (including phenoxy) is 2. The SMILES string of the molecule is CCOc1cc(C2CC(CCN)=NN2)ccc1OC. The number of benzene rings is 1. The van der Waals surface area contributed by atoms with Crippen molar-refractivity contribution in [2.75, 3.05) is 20.3 Å². The molecule has 0 spiro atoms. The highest BCUT2D eigenvalue weighted by Crippen LogP contribution is 2.32. The normalized spacial score (nSPS) is 17.8. The van der Waals surface area contributed by atoms with E-state index in [0.717, 1.165) is 35.6 Å². The van der Waals surface area contributed by atoms with Crippen molar-refractivity contribution in [3.63, 3.8) is 0 Å². The molecule has 1 aromatic rings. The first kappa shape index (κ1) is 13.7. The van der Waals surface area contributed by atoms with E-state index >= 15 is 0 Å². The van der Waals surface area contributed by atoms with Crippen molar-refractivity contribution in [1.29, 1.82) is 0 Å². The molecule has 1 aliphatic heterocycles. The van der Waals surface area contributed by atoms with Crippen LogP contribution in [0.15, 0.2) is 23.3 Å². The van der Waals surface area contributed by atoms with Crippen LogP contribution in [0.2, 0.25) is 0 Å². The summed E-state index contributed by atoms with van der Waals surface area (Å²) in [6, 6.07) is 6.19. The first-order valence-electron chi connectivity index (χ1n) is 6.60. The summed E-state index contributed by atoms with van der Waals surface area (Å²) in [4.78, 5) is 0. The Morgan fingerprint density at radius 1 is 1.42 bits per heavy atom. The van der Waals surface area contributed by atoms with Gasteiger partial charge in [-0.1, -0.05) is 6.07 Å². The molecule has 0 aliphatic carbocycles. The number of hydrogen-bond donors (Lipinski definition) is 2. The quantitative estimate of drug-likeness (QED) is 0.821. The van der Waals surface area contributed by atoms with Crippen molar-refractivity contribution >= 4 is 5.71 Å². The third kappa shape index (κ3) is 3.17. The van der Waals surface area contributed by atoms with Crippen molar-refractivity contribution in [1.82, 2.24) is 5.43 Å². The molecule has 0 radical (unpaired) electrons. The number of rotatable bonds is 6. The van der Waals surface area contributed by atoms with Gasteiger partial charge in [0.25, 0.3) is 0 Å². The van der Waals surface area contributed by atoms with Crippen LogP contribution >= 0.6 is 0 Å². The molecule has 1 heterocycles. The lowest BCUT2D eigenvalue weighted by Gasteiger charge is -2.14. The third-order valence-electron chi connectivity index (χ3n) is 3.14. The predicted octanol–water partition coefficient (Wildman–Crippen LogP) is 1.83. The summed E-state index contributed by atoms with van der Waals surface area (Å²) < 4.78 is 10.9. The van der Waals surface area contributed by atoms with E-state index in [-0.39, 0.29) is 6.04 Å². The Bertz CT molecular complexity index is 460. The zero-order chi connectivity index (χ0) is 13.7. The van der Waals surface area contributed by atoms with Gasteiger partial charge < -0.3 is 20.6 Å². The standard InChI is InChI=1S/C14H21N3O2/c1-3-19-14-8-10(4-5-13(14)18-2)12-9-11(6-7-15)16-17-12/h4-5,8,12,17H,3,6-7,9,15H2,1-2H3. The van der Waals surface area contributed by atoms with Gasteiger partial charge in [-0.25, -0.2) is 0 Å². The molecule has 0 bridgehead atoms. The summed E-state index contributed by atoms with van der Waals surface area (Å²) in [6.45, 7) is 3.22. The van der Waals surface area contributed by atoms with E-state index < -0.39 is 0 Å². The van der Waals surface area contributed by atoms with Crippen molar-refractivity contribution in [2.24, 2.45) is 10.8 Å². The second-order valence-electron chi connectivity index (χ2n) is 4.45. The number of nitrogens with one attached hydrogen (secondary N) is 1. The summed E-state index contributed by atoms with van der Waals surface area (Å²) in [5, 5.41) is 4.32. The lowest BCUT2D eigenvalue weighted by Crippen LogP contribution is -2.11. The predicted molar refractivity (Wildman–Crippen MR) is 75.8 cm³/mol. The molecule has 19 heavy (non-hydrogen) atoms. The maximum atomic E-state index is 5.59. The van der Waals surface area contributed by atoms with Gasteiger partial charge in [0.15, 0.2) is 11.5 Å². The number of methoxy groups -OCH3 is 1. The summed E-state index contributed by atoms with van der Waals surface area (Å²) in [5.74, 6) is 1.53. The van der Waals surface area contributed by atoms with Crippen LogP contribution in [-0.2, 0) is 0 Å². The van der Waals surface area contributed by atoms with Gasteiger partial charge in [0.2, 0.25) is 0 Å². The van der Waals surface area contributed by atoms with Crippen molar-refractivity contribution in [3.8, 4) is 11.5 Å². The van der Waals surface area contributed by atoms with Gasteiger partial charge in [-0.15, -0.1) is 0 Å². The number of hydrazone groups is 1. The molecule has 0 saturated heterocycles. The Morgan fingerprint density at radius 3 is 2.95 bits per heavy atom. The minimum atomic E-state index is 0.201. The molecule has 0 saturated carbocycles. The van der Waals surface area contributed by atoms with Crippen LogP contribution < -0.4 is 20.6 Å². The third-order valence-corrected chi connectivity index (χ3v) is 3.14. The van der Waals surface area contributed by atoms with Crippen molar-refractivity contribution in [2.45, 2.75) is 25.8 Å². The largest absolute Gasteiger partial charge is 0.493 e. The minimum absolute atomic E-state index is 0.201. The molecule has 3 N–H and O–H groups in total. The average Bonchev–Trinajstić information content (AvgIpc) is 2.88. The second-order valence-corrected chi connectivity index (χ2v) is 4.45. The molecule has 2 rings (SSSR count). The van der Waals surface area contributed by atoms with E-state index in [1.54, 1.807) is 7.11 Å². The Labute approximate surface area is 113 Å². The molecule has 104 valence electrons. The van der Waals surface area contributed by atoms with Gasteiger partial charge in [0, 0.05) is 12.1 Å². The second kappa shape index (κ2) is 6.43. The molecule has 1 unspecified atom stereocenters. The van der Waals surface area contributed by atoms with Crippen LogP contribution in [0, 0.1) is 0 Å². The van der Waals surface area contributed by atoms with Crippen LogP contribution in [0.4, 0.5) is 0 Å². The minimum Gasteiger partial charge on any atom is -0.493 e. The summed E-state index contributed by atoms with van der Waals surface area (Å²) in [6.07, 6.45) is 1.74. The van der Waals surface area contributed by atoms with E-state index in [4.69, 9.17) is 15.2 Å². The fraction of sp³-hybridized carbons (Fsp3) is 0.500. The molecule has 5 nitrogen and oxygen atoms in total. The fourth-order valence-corrected chi connectivity index (χ4v) is 2.19. The Hall–Kier alpha value is -1.75. The van der Waals surface area contributed by atoms with Gasteiger partial charge in [0.05, 0.1) is 19.8 Å². The lowest BCUT2D eigenvalue weighted by atomic mass is 10.0. The fourth-order valence-electron chi connectivity index (χ4n) is 2.19. The van der Waals surface area contributed by atoms with Crippen molar-refractivity contribution < 1.29 is 9.47 Å². The summed E-state index contributed by atoms with van der Waals surface area (Å²) in [7, 11) is 1.65. The molecule has 5 heteroatoms. The molecule has 1 aromatic carbocycles. The van der Waals surface area contributed by atoms with Crippen LogP contribution in [-0.4, -0.2) is 26.0 Å². The number of hydrogen-bond acceptors (Lipinski definition) is 5. The smallest absolute Gasteiger partial charge is 0.161 e. The zero-order valence-corrected chi connectivity index (χ0v) is 11.5. The van der Waals surface area contributed by atoms with Gasteiger partial charge >= 0.3 is 0 Å². The first-order valence-corrected chi connectivity index (χ1v) is 6.60. The highest BCUT2D eigenvalue weighted by Gasteiger charge is 2.20. The van der Waals surface area contributed by atoms with Gasteiger partial charge in [-0.2, -0.15) is 5.10 Å². The Kier molecular flexibility index (Phi) is 4.63. The van der Waals surface area contributed by atoms with Crippen LogP contribution in [0.1, 0.15) is 31.4 Å². The number of nitrogens with zero attached hydrogens (tertiary/aromatic N) is 1. The number of nitrogens with two attached hydrogens (primary N) is 1. The topological polar surface area (TPSA) is 68.9 Å². The monoisotopic (exact) mass is 263 g/mol. The van der Waals surface area contributed by atoms with E-state index in [2.05, 4.69) is 10.5 Å².